The van der Waals surface area contributed by atoms with Gasteiger partial charge < -0.3 is 14.8 Å². The number of hydrazone groups is 1. The number of hydrogen-bond acceptors (Lipinski definition) is 5. The fourth-order valence-corrected chi connectivity index (χ4v) is 3.28. The van der Waals surface area contributed by atoms with Gasteiger partial charge in [0, 0.05) is 15.6 Å². The number of carbonyl (C=O) groups is 2. The van der Waals surface area contributed by atoms with E-state index in [1.165, 1.54) is 24.4 Å². The van der Waals surface area contributed by atoms with E-state index >= 15 is 0 Å². The van der Waals surface area contributed by atoms with E-state index in [0.29, 0.717) is 39.3 Å². The topological polar surface area (TPSA) is 89.0 Å². The molecule has 0 fully saturated rings. The summed E-state index contributed by atoms with van der Waals surface area (Å²) >= 11 is 12.4. The van der Waals surface area contributed by atoms with Gasteiger partial charge in [-0.1, -0.05) is 41.4 Å². The molecule has 2 amide bonds. The highest BCUT2D eigenvalue weighted by atomic mass is 35.5. The lowest BCUT2D eigenvalue weighted by atomic mass is 10.2. The van der Waals surface area contributed by atoms with Crippen LogP contribution >= 0.6 is 23.2 Å². The first-order chi connectivity index (χ1) is 16.4. The second-order valence-electron chi connectivity index (χ2n) is 6.76. The van der Waals surface area contributed by atoms with E-state index in [2.05, 4.69) is 15.8 Å². The van der Waals surface area contributed by atoms with Crippen LogP contribution in [0.4, 0.5) is 10.1 Å². The lowest BCUT2D eigenvalue weighted by Crippen LogP contribution is -2.32. The Balaban J connectivity index is 1.63. The number of carbonyl (C=O) groups excluding carboxylic acids is 2. The molecule has 0 saturated carbocycles. The van der Waals surface area contributed by atoms with E-state index in [4.69, 9.17) is 32.7 Å². The van der Waals surface area contributed by atoms with Gasteiger partial charge in [-0.05, 0) is 55.0 Å². The smallest absolute Gasteiger partial charge is 0.329 e. The highest BCUT2D eigenvalue weighted by Gasteiger charge is 2.15. The number of hydrogen-bond donors (Lipinski definition) is 2. The summed E-state index contributed by atoms with van der Waals surface area (Å²) in [6.45, 7) is 2.35. The summed E-state index contributed by atoms with van der Waals surface area (Å²) in [5.74, 6) is -1.86. The molecule has 0 aliphatic heterocycles. The number of anilines is 1. The van der Waals surface area contributed by atoms with Crippen molar-refractivity contribution in [2.75, 3.05) is 11.9 Å². The molecule has 0 saturated heterocycles. The Morgan fingerprint density at radius 1 is 0.971 bits per heavy atom. The largest absolute Gasteiger partial charge is 0.490 e. The van der Waals surface area contributed by atoms with Crippen LogP contribution in [0, 0.1) is 5.82 Å². The first kappa shape index (κ1) is 25.0. The fraction of sp³-hybridized carbons (Fsp3) is 0.125. The van der Waals surface area contributed by atoms with E-state index in [1.807, 2.05) is 6.92 Å². The van der Waals surface area contributed by atoms with E-state index in [1.54, 1.807) is 36.4 Å². The molecule has 0 bridgehead atoms. The van der Waals surface area contributed by atoms with Crippen LogP contribution in [0.3, 0.4) is 0 Å². The van der Waals surface area contributed by atoms with Crippen molar-refractivity contribution >= 4 is 46.9 Å². The summed E-state index contributed by atoms with van der Waals surface area (Å²) in [6, 6.07) is 15.7. The predicted octanol–water partition coefficient (Wildman–Crippen LogP) is 5.20. The Labute approximate surface area is 205 Å². The molecular formula is C24H20Cl2FN3O4. The molecule has 3 aromatic carbocycles. The minimum absolute atomic E-state index is 0.110. The lowest BCUT2D eigenvalue weighted by molar-refractivity contribution is -0.136. The Morgan fingerprint density at radius 2 is 1.71 bits per heavy atom. The number of amides is 2. The van der Waals surface area contributed by atoms with Gasteiger partial charge in [-0.15, -0.1) is 0 Å². The minimum Gasteiger partial charge on any atom is -0.490 e. The Hall–Kier alpha value is -3.62. The molecule has 0 unspecified atom stereocenters. The molecule has 3 rings (SSSR count). The normalized spacial score (nSPS) is 10.7. The van der Waals surface area contributed by atoms with Crippen LogP contribution in [-0.4, -0.2) is 24.6 Å². The summed E-state index contributed by atoms with van der Waals surface area (Å²) in [4.78, 5) is 23.8. The number of benzene rings is 3. The molecule has 2 N–H and O–H groups in total. The predicted molar refractivity (Wildman–Crippen MR) is 129 cm³/mol. The molecule has 0 aliphatic rings. The maximum atomic E-state index is 13.6. The van der Waals surface area contributed by atoms with Gasteiger partial charge in [0.1, 0.15) is 12.4 Å². The first-order valence-corrected chi connectivity index (χ1v) is 10.9. The van der Waals surface area contributed by atoms with Crippen molar-refractivity contribution in [2.45, 2.75) is 13.5 Å². The summed E-state index contributed by atoms with van der Waals surface area (Å²) in [7, 11) is 0. The number of para-hydroxylation sites is 1. The van der Waals surface area contributed by atoms with Crippen LogP contribution < -0.4 is 20.2 Å². The molecule has 34 heavy (non-hydrogen) atoms. The van der Waals surface area contributed by atoms with Gasteiger partial charge in [0.05, 0.1) is 18.5 Å². The molecule has 0 atom stereocenters. The third-order valence-electron chi connectivity index (χ3n) is 4.41. The lowest BCUT2D eigenvalue weighted by Gasteiger charge is -2.14. The average molecular weight is 504 g/mol. The van der Waals surface area contributed by atoms with Crippen LogP contribution in [0.5, 0.6) is 11.5 Å². The molecule has 0 spiro atoms. The van der Waals surface area contributed by atoms with Crippen molar-refractivity contribution in [3.8, 4) is 11.5 Å². The van der Waals surface area contributed by atoms with Crippen LogP contribution in [-0.2, 0) is 16.2 Å². The van der Waals surface area contributed by atoms with Crippen molar-refractivity contribution in [3.05, 3.63) is 87.7 Å². The second-order valence-corrected chi connectivity index (χ2v) is 7.58. The third-order valence-corrected chi connectivity index (χ3v) is 5.12. The van der Waals surface area contributed by atoms with Gasteiger partial charge in [0.25, 0.3) is 0 Å². The standard InChI is InChI=1S/C24H20Cl2FN3O4/c1-2-33-22-12-15(10-11-21(22)34-14-16-17(25)6-5-7-18(16)26)13-28-30-24(32)23(31)29-20-9-4-3-8-19(20)27/h3-13H,2,14H2,1H3,(H,29,31)(H,30,32)/b28-13-. The molecular weight excluding hydrogens is 484 g/mol. The minimum atomic E-state index is -1.06. The van der Waals surface area contributed by atoms with E-state index in [9.17, 15) is 14.0 Å². The Bertz CT molecular complexity index is 1200. The van der Waals surface area contributed by atoms with Crippen molar-refractivity contribution in [1.82, 2.24) is 5.43 Å². The van der Waals surface area contributed by atoms with Gasteiger partial charge in [-0.2, -0.15) is 5.10 Å². The monoisotopic (exact) mass is 503 g/mol. The van der Waals surface area contributed by atoms with Gasteiger partial charge in [-0.3, -0.25) is 9.59 Å². The van der Waals surface area contributed by atoms with Gasteiger partial charge >= 0.3 is 11.8 Å². The fourth-order valence-electron chi connectivity index (χ4n) is 2.77. The Morgan fingerprint density at radius 3 is 2.41 bits per heavy atom. The van der Waals surface area contributed by atoms with Gasteiger partial charge in [-0.25, -0.2) is 9.82 Å². The van der Waals surface area contributed by atoms with E-state index in [-0.39, 0.29) is 12.3 Å². The highest BCUT2D eigenvalue weighted by molar-refractivity contribution is 6.39. The number of rotatable bonds is 8. The van der Waals surface area contributed by atoms with Crippen molar-refractivity contribution < 1.29 is 23.5 Å². The molecule has 0 heterocycles. The zero-order chi connectivity index (χ0) is 24.5. The van der Waals surface area contributed by atoms with Crippen molar-refractivity contribution in [2.24, 2.45) is 5.10 Å². The first-order valence-electron chi connectivity index (χ1n) is 10.1. The maximum Gasteiger partial charge on any atom is 0.329 e. The van der Waals surface area contributed by atoms with Crippen LogP contribution in [0.2, 0.25) is 10.0 Å². The SMILES string of the molecule is CCOc1cc(/C=N\NC(=O)C(=O)Nc2ccccc2F)ccc1OCc1c(Cl)cccc1Cl. The molecule has 7 nitrogen and oxygen atoms in total. The zero-order valence-electron chi connectivity index (χ0n) is 18.0. The average Bonchev–Trinajstić information content (AvgIpc) is 2.81. The molecule has 0 radical (unpaired) electrons. The Kier molecular flexibility index (Phi) is 8.84. The molecule has 10 heteroatoms. The van der Waals surface area contributed by atoms with Crippen molar-refractivity contribution in [3.63, 3.8) is 0 Å². The molecule has 3 aromatic rings. The summed E-state index contributed by atoms with van der Waals surface area (Å²) in [5.41, 5.74) is 3.20. The molecule has 176 valence electrons. The zero-order valence-corrected chi connectivity index (χ0v) is 19.5. The summed E-state index contributed by atoms with van der Waals surface area (Å²) in [5, 5.41) is 6.92. The second kappa shape index (κ2) is 12.0. The number of nitrogens with one attached hydrogen (secondary N) is 2. The number of nitrogens with zero attached hydrogens (tertiary/aromatic N) is 1. The number of halogens is 3. The summed E-state index contributed by atoms with van der Waals surface area (Å²) in [6.07, 6.45) is 1.32. The molecule has 0 aromatic heterocycles. The quantitative estimate of drug-likeness (QED) is 0.251. The van der Waals surface area contributed by atoms with Gasteiger partial charge in [0.2, 0.25) is 0 Å². The number of ether oxygens (including phenoxy) is 2. The van der Waals surface area contributed by atoms with Crippen LogP contribution in [0.15, 0.2) is 65.8 Å². The molecule has 0 aliphatic carbocycles. The van der Waals surface area contributed by atoms with E-state index < -0.39 is 17.6 Å². The highest BCUT2D eigenvalue weighted by Crippen LogP contribution is 2.31. The van der Waals surface area contributed by atoms with E-state index in [0.717, 1.165) is 6.07 Å². The third kappa shape index (κ3) is 6.69. The van der Waals surface area contributed by atoms with Crippen LogP contribution in [0.25, 0.3) is 0 Å². The van der Waals surface area contributed by atoms with Crippen LogP contribution in [0.1, 0.15) is 18.1 Å². The van der Waals surface area contributed by atoms with Gasteiger partial charge in [0.15, 0.2) is 11.5 Å². The summed E-state index contributed by atoms with van der Waals surface area (Å²) < 4.78 is 25.1. The van der Waals surface area contributed by atoms with Crippen molar-refractivity contribution in [1.29, 1.82) is 0 Å². The maximum absolute atomic E-state index is 13.6.